The van der Waals surface area contributed by atoms with Gasteiger partial charge in [-0.25, -0.2) is 0 Å². The van der Waals surface area contributed by atoms with Gasteiger partial charge in [-0.15, -0.1) is 0 Å². The number of aliphatic hydroxyl groups excluding tert-OH is 2. The van der Waals surface area contributed by atoms with Crippen LogP contribution in [0.25, 0.3) is 0 Å². The van der Waals surface area contributed by atoms with Gasteiger partial charge in [-0.2, -0.15) is 0 Å². The lowest BCUT2D eigenvalue weighted by atomic mass is 9.98. The molecular weight excluding hydrogens is 264 g/mol. The van der Waals surface area contributed by atoms with Crippen molar-refractivity contribution in [2.75, 3.05) is 0 Å². The Balaban J connectivity index is 0.000000157. The van der Waals surface area contributed by atoms with Gasteiger partial charge in [0.25, 0.3) is 0 Å². The minimum absolute atomic E-state index is 0.0359. The Morgan fingerprint density at radius 3 is 1.10 bits per heavy atom. The van der Waals surface area contributed by atoms with Gasteiger partial charge in [0.05, 0.1) is 12.2 Å². The van der Waals surface area contributed by atoms with E-state index < -0.39 is 0 Å². The van der Waals surface area contributed by atoms with Gasteiger partial charge in [0, 0.05) is 12.8 Å². The Morgan fingerprint density at radius 2 is 0.905 bits per heavy atom. The molecule has 3 fully saturated rings. The lowest BCUT2D eigenvalue weighted by Gasteiger charge is -2.14. The third kappa shape index (κ3) is 10.9. The predicted molar refractivity (Wildman–Crippen MR) is 86.3 cm³/mol. The highest BCUT2D eigenvalue weighted by Crippen LogP contribution is 2.17. The van der Waals surface area contributed by atoms with E-state index >= 15 is 0 Å². The Kier molecular flexibility index (Phi) is 10.8. The zero-order valence-electron chi connectivity index (χ0n) is 13.6. The van der Waals surface area contributed by atoms with Crippen LogP contribution in [0.4, 0.5) is 0 Å². The van der Waals surface area contributed by atoms with E-state index in [0.717, 1.165) is 51.4 Å². The normalized spacial score (nSPS) is 24.4. The zero-order chi connectivity index (χ0) is 15.3. The molecule has 3 rings (SSSR count). The second-order valence-electron chi connectivity index (χ2n) is 6.68. The molecule has 0 saturated heterocycles. The Morgan fingerprint density at radius 1 is 0.571 bits per heavy atom. The number of aliphatic hydroxyl groups is 2. The lowest BCUT2D eigenvalue weighted by molar-refractivity contribution is -0.120. The van der Waals surface area contributed by atoms with Gasteiger partial charge in [-0.3, -0.25) is 4.79 Å². The van der Waals surface area contributed by atoms with Gasteiger partial charge in [-0.1, -0.05) is 44.9 Å². The van der Waals surface area contributed by atoms with E-state index in [4.69, 9.17) is 10.2 Å². The van der Waals surface area contributed by atoms with Crippen molar-refractivity contribution in [3.8, 4) is 0 Å². The van der Waals surface area contributed by atoms with Crippen molar-refractivity contribution in [1.29, 1.82) is 0 Å². The van der Waals surface area contributed by atoms with Crippen molar-refractivity contribution in [3.63, 3.8) is 0 Å². The van der Waals surface area contributed by atoms with Crippen LogP contribution < -0.4 is 0 Å². The average Bonchev–Trinajstić information content (AvgIpc) is 2.51. The second-order valence-corrected chi connectivity index (χ2v) is 6.68. The minimum Gasteiger partial charge on any atom is -0.393 e. The highest BCUT2D eigenvalue weighted by molar-refractivity contribution is 5.78. The molecule has 0 amide bonds. The quantitative estimate of drug-likeness (QED) is 0.706. The molecule has 0 aromatic heterocycles. The maximum Gasteiger partial charge on any atom is 0.132 e. The molecule has 124 valence electrons. The molecule has 3 saturated carbocycles. The molecule has 0 radical (unpaired) electrons. The van der Waals surface area contributed by atoms with Gasteiger partial charge in [0.1, 0.15) is 5.78 Å². The second kappa shape index (κ2) is 12.2. The summed E-state index contributed by atoms with van der Waals surface area (Å²) in [6.07, 6.45) is 17.1. The van der Waals surface area contributed by atoms with Gasteiger partial charge in [-0.05, 0) is 38.5 Å². The SMILES string of the molecule is O=C1CCCCC1.OC1CCCCC1.OC1CCCCC1. The molecule has 3 heteroatoms. The molecule has 0 heterocycles. The summed E-state index contributed by atoms with van der Waals surface area (Å²) in [6, 6.07) is 0. The van der Waals surface area contributed by atoms with E-state index in [-0.39, 0.29) is 12.2 Å². The van der Waals surface area contributed by atoms with Crippen molar-refractivity contribution in [1.82, 2.24) is 0 Å². The fraction of sp³-hybridized carbons (Fsp3) is 0.944. The zero-order valence-corrected chi connectivity index (χ0v) is 13.6. The van der Waals surface area contributed by atoms with Crippen LogP contribution >= 0.6 is 0 Å². The van der Waals surface area contributed by atoms with Crippen molar-refractivity contribution in [2.24, 2.45) is 0 Å². The summed E-state index contributed by atoms with van der Waals surface area (Å²) in [5, 5.41) is 17.8. The Labute approximate surface area is 130 Å². The molecule has 0 spiro atoms. The van der Waals surface area contributed by atoms with Crippen molar-refractivity contribution in [2.45, 2.75) is 109 Å². The highest BCUT2D eigenvalue weighted by atomic mass is 16.3. The molecular formula is C18H34O3. The lowest BCUT2D eigenvalue weighted by Crippen LogP contribution is -2.09. The van der Waals surface area contributed by atoms with Crippen LogP contribution in [0.1, 0.15) is 96.3 Å². The van der Waals surface area contributed by atoms with Crippen LogP contribution in [0, 0.1) is 0 Å². The fourth-order valence-electron chi connectivity index (χ4n) is 3.11. The van der Waals surface area contributed by atoms with Crippen LogP contribution in [0.5, 0.6) is 0 Å². The number of hydrogen-bond acceptors (Lipinski definition) is 3. The van der Waals surface area contributed by atoms with Gasteiger partial charge in [0.15, 0.2) is 0 Å². The summed E-state index contributed by atoms with van der Waals surface area (Å²) in [5.41, 5.74) is 0. The Bertz CT molecular complexity index is 229. The predicted octanol–water partition coefficient (Wildman–Crippen LogP) is 4.14. The van der Waals surface area contributed by atoms with Crippen molar-refractivity contribution >= 4 is 5.78 Å². The fourth-order valence-corrected chi connectivity index (χ4v) is 3.11. The summed E-state index contributed by atoms with van der Waals surface area (Å²) in [4.78, 5) is 10.5. The molecule has 3 aliphatic carbocycles. The molecule has 0 unspecified atom stereocenters. The number of rotatable bonds is 0. The summed E-state index contributed by atoms with van der Waals surface area (Å²) in [5.74, 6) is 0.464. The summed E-state index contributed by atoms with van der Waals surface area (Å²) >= 11 is 0. The number of carbonyl (C=O) groups excluding carboxylic acids is 1. The van der Waals surface area contributed by atoms with Crippen LogP contribution in [-0.4, -0.2) is 28.2 Å². The first-order valence-electron chi connectivity index (χ1n) is 9.06. The average molecular weight is 298 g/mol. The van der Waals surface area contributed by atoms with Crippen LogP contribution in [-0.2, 0) is 4.79 Å². The minimum atomic E-state index is 0.0359. The van der Waals surface area contributed by atoms with Crippen LogP contribution in [0.15, 0.2) is 0 Å². The van der Waals surface area contributed by atoms with E-state index in [1.807, 2.05) is 0 Å². The van der Waals surface area contributed by atoms with Gasteiger partial charge in [0.2, 0.25) is 0 Å². The number of Topliss-reactive ketones (excluding diaryl/α,β-unsaturated/α-hetero) is 1. The molecule has 0 atom stereocenters. The number of carbonyl (C=O) groups is 1. The molecule has 0 bridgehead atoms. The largest absolute Gasteiger partial charge is 0.393 e. The monoisotopic (exact) mass is 298 g/mol. The van der Waals surface area contributed by atoms with E-state index in [9.17, 15) is 4.79 Å². The van der Waals surface area contributed by atoms with Crippen LogP contribution in [0.3, 0.4) is 0 Å². The van der Waals surface area contributed by atoms with Crippen LogP contribution in [0.2, 0.25) is 0 Å². The van der Waals surface area contributed by atoms with Gasteiger partial charge < -0.3 is 10.2 Å². The molecule has 0 aliphatic heterocycles. The topological polar surface area (TPSA) is 57.5 Å². The van der Waals surface area contributed by atoms with Crippen molar-refractivity contribution in [3.05, 3.63) is 0 Å². The third-order valence-corrected chi connectivity index (χ3v) is 4.56. The first kappa shape index (κ1) is 18.6. The van der Waals surface area contributed by atoms with Gasteiger partial charge >= 0.3 is 0 Å². The summed E-state index contributed by atoms with van der Waals surface area (Å²) in [6.45, 7) is 0. The molecule has 0 aromatic carbocycles. The molecule has 0 aromatic rings. The summed E-state index contributed by atoms with van der Waals surface area (Å²) < 4.78 is 0. The number of hydrogen-bond donors (Lipinski definition) is 2. The standard InChI is InChI=1S/2C6H12O.C6H10O/c3*7-6-4-2-1-3-5-6/h2*6-7H,1-5H2;1-5H2. The smallest absolute Gasteiger partial charge is 0.132 e. The maximum atomic E-state index is 10.5. The van der Waals surface area contributed by atoms with Crippen molar-refractivity contribution < 1.29 is 15.0 Å². The first-order chi connectivity index (χ1) is 10.2. The highest BCUT2D eigenvalue weighted by Gasteiger charge is 2.08. The summed E-state index contributed by atoms with van der Waals surface area (Å²) in [7, 11) is 0. The Hall–Kier alpha value is -0.410. The number of ketones is 1. The molecule has 2 N–H and O–H groups in total. The third-order valence-electron chi connectivity index (χ3n) is 4.56. The molecule has 3 aliphatic rings. The maximum absolute atomic E-state index is 10.5. The van der Waals surface area contributed by atoms with E-state index in [0.29, 0.717) is 5.78 Å². The van der Waals surface area contributed by atoms with E-state index in [1.54, 1.807) is 0 Å². The van der Waals surface area contributed by atoms with E-state index in [2.05, 4.69) is 0 Å². The molecule has 3 nitrogen and oxygen atoms in total. The first-order valence-corrected chi connectivity index (χ1v) is 9.06. The van der Waals surface area contributed by atoms with E-state index in [1.165, 1.54) is 44.9 Å². The molecule has 21 heavy (non-hydrogen) atoms.